The molecule has 0 aromatic heterocycles. The molecule has 0 N–H and O–H groups in total. The molecule has 2 unspecified atom stereocenters. The van der Waals surface area contributed by atoms with Gasteiger partial charge < -0.3 is 0 Å². The van der Waals surface area contributed by atoms with Crippen molar-refractivity contribution in [1.29, 1.82) is 0 Å². The van der Waals surface area contributed by atoms with Crippen molar-refractivity contribution >= 4 is 24.8 Å². The van der Waals surface area contributed by atoms with Gasteiger partial charge in [-0.1, -0.05) is 0 Å². The Labute approximate surface area is 199 Å². The monoisotopic (exact) mass is 484 g/mol. The Morgan fingerprint density at radius 2 is 0.750 bits per heavy atom. The zero-order valence-electron chi connectivity index (χ0n) is 23.5. The quantitative estimate of drug-likeness (QED) is 0.375. The third-order valence-corrected chi connectivity index (χ3v) is 34.6. The Morgan fingerprint density at radius 1 is 0.531 bits per heavy atom. The van der Waals surface area contributed by atoms with E-state index in [1.54, 1.807) is 0 Å². The molecule has 2 aliphatic heterocycles. The second-order valence-corrected chi connectivity index (χ2v) is 31.0. The molecular weight excluding hydrogens is 430 g/mol. The normalized spacial score (nSPS) is 40.8. The predicted octanol–water partition coefficient (Wildman–Crippen LogP) is 7.76. The molecule has 1 aliphatic carbocycles. The van der Waals surface area contributed by atoms with E-state index in [4.69, 9.17) is 0 Å². The van der Waals surface area contributed by atoms with Crippen LogP contribution in [0, 0.1) is 0 Å². The van der Waals surface area contributed by atoms with Crippen LogP contribution < -0.4 is 0 Å². The molecule has 2 saturated heterocycles. The van der Waals surface area contributed by atoms with Gasteiger partial charge in [0.15, 0.2) is 0 Å². The molecule has 1 saturated carbocycles. The van der Waals surface area contributed by atoms with Crippen LogP contribution in [0.3, 0.4) is 0 Å². The third kappa shape index (κ3) is 2.84. The van der Waals surface area contributed by atoms with Gasteiger partial charge in [0.25, 0.3) is 0 Å². The number of Topliss-reactive ketones (excluding diaryl/α,β-unsaturated/α-hetero) is 2. The molecule has 0 aromatic rings. The standard InChI is InChI=1S/C28H54O2P2/c1-25(2)17-21(29)18-26(3,4)31(25,9,10)23-15-13-14-16-24(23)32(11,12)27(5,6)19-22(30)20-28(32,7)8/h23-24H,13-20H2,1-12H3. The van der Waals surface area contributed by atoms with Crippen molar-refractivity contribution in [1.82, 2.24) is 0 Å². The van der Waals surface area contributed by atoms with Crippen LogP contribution in [0.2, 0.25) is 0 Å². The number of hydrogen-bond donors (Lipinski definition) is 0. The Balaban J connectivity index is 2.33. The van der Waals surface area contributed by atoms with Crippen LogP contribution in [0.1, 0.15) is 107 Å². The number of ketones is 2. The number of carbonyl (C=O) groups excluding carboxylic acids is 2. The predicted molar refractivity (Wildman–Crippen MR) is 148 cm³/mol. The second-order valence-electron chi connectivity index (χ2n) is 15.9. The SMILES string of the molecule is CC1(C)CC(=O)CC(C)(C)P1(C)(C)C1CCCCC1P1(C)(C)C(C)(C)CC(=O)CC1(C)C. The van der Waals surface area contributed by atoms with E-state index in [2.05, 4.69) is 82.0 Å². The first kappa shape index (κ1) is 26.8. The molecule has 0 spiro atoms. The number of carbonyl (C=O) groups is 2. The first-order valence-corrected chi connectivity index (χ1v) is 19.5. The average molecular weight is 485 g/mol. The van der Waals surface area contributed by atoms with Crippen LogP contribution in [-0.4, -0.2) is 70.2 Å². The van der Waals surface area contributed by atoms with Crippen molar-refractivity contribution in [3.63, 3.8) is 0 Å². The van der Waals surface area contributed by atoms with Crippen molar-refractivity contribution in [2.45, 2.75) is 139 Å². The van der Waals surface area contributed by atoms with E-state index in [0.717, 1.165) is 25.7 Å². The van der Waals surface area contributed by atoms with Crippen molar-refractivity contribution < 1.29 is 9.59 Å². The Hall–Kier alpha value is 0.200. The Morgan fingerprint density at radius 3 is 0.969 bits per heavy atom. The molecule has 0 amide bonds. The van der Waals surface area contributed by atoms with Gasteiger partial charge in [-0.25, -0.2) is 0 Å². The van der Waals surface area contributed by atoms with Gasteiger partial charge in [-0.3, -0.25) is 0 Å². The van der Waals surface area contributed by atoms with Crippen molar-refractivity contribution in [2.75, 3.05) is 26.7 Å². The van der Waals surface area contributed by atoms with E-state index in [9.17, 15) is 9.59 Å². The molecule has 188 valence electrons. The summed E-state index contributed by atoms with van der Waals surface area (Å²) in [7, 11) is 0. The molecule has 4 heteroatoms. The molecule has 2 heterocycles. The van der Waals surface area contributed by atoms with Gasteiger partial charge in [-0.2, -0.15) is 0 Å². The first-order valence-electron chi connectivity index (χ1n) is 13.1. The third-order valence-electron chi connectivity index (χ3n) is 13.7. The van der Waals surface area contributed by atoms with Gasteiger partial charge in [-0.15, -0.1) is 0 Å². The van der Waals surface area contributed by atoms with Gasteiger partial charge in [0, 0.05) is 0 Å². The fraction of sp³-hybridized carbons (Fsp3) is 0.929. The van der Waals surface area contributed by atoms with Crippen molar-refractivity contribution in [3.05, 3.63) is 0 Å². The molecular formula is C28H54O2P2. The maximum absolute atomic E-state index is 13.0. The summed E-state index contributed by atoms with van der Waals surface area (Å²) in [5.41, 5.74) is 1.37. The fourth-order valence-corrected chi connectivity index (χ4v) is 25.6. The van der Waals surface area contributed by atoms with Crippen LogP contribution in [-0.2, 0) is 9.59 Å². The molecule has 0 radical (unpaired) electrons. The molecule has 3 aliphatic rings. The Kier molecular flexibility index (Phi) is 5.78. The maximum atomic E-state index is 13.0. The van der Waals surface area contributed by atoms with Crippen LogP contribution >= 0.6 is 13.2 Å². The van der Waals surface area contributed by atoms with Gasteiger partial charge in [0.1, 0.15) is 0 Å². The number of rotatable bonds is 2. The van der Waals surface area contributed by atoms with E-state index < -0.39 is 13.2 Å². The van der Waals surface area contributed by atoms with Crippen LogP contribution in [0.4, 0.5) is 0 Å². The van der Waals surface area contributed by atoms with E-state index in [-0.39, 0.29) is 20.6 Å². The van der Waals surface area contributed by atoms with E-state index in [1.807, 2.05) is 0 Å². The summed E-state index contributed by atoms with van der Waals surface area (Å²) in [5, 5.41) is 0.235. The summed E-state index contributed by atoms with van der Waals surface area (Å²) in [6.07, 6.45) is 8.28. The molecule has 2 nitrogen and oxygen atoms in total. The summed E-state index contributed by atoms with van der Waals surface area (Å²) in [4.78, 5) is 25.9. The topological polar surface area (TPSA) is 34.1 Å². The summed E-state index contributed by atoms with van der Waals surface area (Å²) in [6, 6.07) is 0. The molecule has 3 rings (SSSR count). The van der Waals surface area contributed by atoms with Gasteiger partial charge in [-0.05, 0) is 0 Å². The summed E-state index contributed by atoms with van der Waals surface area (Å²) in [6.45, 7) is 25.6. The van der Waals surface area contributed by atoms with Crippen molar-refractivity contribution in [2.24, 2.45) is 0 Å². The van der Waals surface area contributed by atoms with Crippen molar-refractivity contribution in [3.8, 4) is 0 Å². The minimum absolute atomic E-state index is 0.0588. The number of hydrogen-bond acceptors (Lipinski definition) is 2. The molecule has 3 fully saturated rings. The summed E-state index contributed by atoms with van der Waals surface area (Å²) < 4.78 is 0. The van der Waals surface area contributed by atoms with Crippen LogP contribution in [0.25, 0.3) is 0 Å². The van der Waals surface area contributed by atoms with Crippen LogP contribution in [0.15, 0.2) is 0 Å². The first-order chi connectivity index (χ1) is 14.1. The zero-order chi connectivity index (χ0) is 24.9. The van der Waals surface area contributed by atoms with Gasteiger partial charge in [0.05, 0.1) is 0 Å². The Bertz CT molecular complexity index is 725. The van der Waals surface area contributed by atoms with Gasteiger partial charge >= 0.3 is 200 Å². The van der Waals surface area contributed by atoms with Crippen LogP contribution in [0.5, 0.6) is 0 Å². The van der Waals surface area contributed by atoms with E-state index in [1.165, 1.54) is 25.7 Å². The average Bonchev–Trinajstić information content (AvgIpc) is 2.57. The molecule has 32 heavy (non-hydrogen) atoms. The second kappa shape index (κ2) is 6.90. The summed E-state index contributed by atoms with van der Waals surface area (Å²) in [5.74, 6) is 0.934. The molecule has 0 bridgehead atoms. The van der Waals surface area contributed by atoms with E-state index >= 15 is 0 Å². The van der Waals surface area contributed by atoms with E-state index in [0.29, 0.717) is 22.9 Å². The fourth-order valence-electron chi connectivity index (χ4n) is 9.36. The zero-order valence-corrected chi connectivity index (χ0v) is 25.3. The minimum atomic E-state index is -2.41. The summed E-state index contributed by atoms with van der Waals surface area (Å²) >= 11 is 0. The molecule has 0 aromatic carbocycles. The molecule has 2 atom stereocenters. The van der Waals surface area contributed by atoms with Gasteiger partial charge in [0.2, 0.25) is 0 Å².